The molecule has 1 unspecified atom stereocenters. The van der Waals surface area contributed by atoms with Gasteiger partial charge in [-0.05, 0) is 32.9 Å². The topological polar surface area (TPSA) is 53.6 Å². The van der Waals surface area contributed by atoms with Gasteiger partial charge < -0.3 is 20.3 Å². The number of likely N-dealkylation sites (N-methyl/N-ethyl adjacent to an activating group) is 1. The van der Waals surface area contributed by atoms with Crippen molar-refractivity contribution < 1.29 is 9.53 Å². The van der Waals surface area contributed by atoms with E-state index in [1.807, 2.05) is 0 Å². The van der Waals surface area contributed by atoms with Crippen molar-refractivity contribution in [3.63, 3.8) is 0 Å². The Morgan fingerprint density at radius 2 is 1.95 bits per heavy atom. The summed E-state index contributed by atoms with van der Waals surface area (Å²) in [5.41, 5.74) is 0. The molecule has 0 radical (unpaired) electrons. The highest BCUT2D eigenvalue weighted by atomic mass is 16.5. The Kier molecular flexibility index (Phi) is 7.34. The van der Waals surface area contributed by atoms with E-state index in [0.717, 1.165) is 32.6 Å². The van der Waals surface area contributed by atoms with Gasteiger partial charge in [0.25, 0.3) is 0 Å². The van der Waals surface area contributed by atoms with Crippen molar-refractivity contribution in [2.24, 2.45) is 5.92 Å². The normalized spacial score (nSPS) is 18.8. The van der Waals surface area contributed by atoms with Gasteiger partial charge in [-0.2, -0.15) is 0 Å². The highest BCUT2D eigenvalue weighted by Crippen LogP contribution is 2.06. The zero-order valence-corrected chi connectivity index (χ0v) is 12.7. The van der Waals surface area contributed by atoms with Crippen LogP contribution in [0.1, 0.15) is 26.7 Å². The van der Waals surface area contributed by atoms with E-state index in [2.05, 4.69) is 43.5 Å². The fourth-order valence-corrected chi connectivity index (χ4v) is 2.25. The molecule has 1 atom stereocenters. The molecule has 0 aromatic heterocycles. The smallest absolute Gasteiger partial charge is 0.234 e. The van der Waals surface area contributed by atoms with Gasteiger partial charge in [-0.3, -0.25) is 4.79 Å². The van der Waals surface area contributed by atoms with E-state index in [4.69, 9.17) is 4.74 Å². The molecule has 1 aliphatic heterocycles. The van der Waals surface area contributed by atoms with Crippen LogP contribution in [0.5, 0.6) is 0 Å². The molecule has 1 fully saturated rings. The molecule has 1 aliphatic rings. The first-order chi connectivity index (χ1) is 8.99. The van der Waals surface area contributed by atoms with Crippen molar-refractivity contribution in [3.05, 3.63) is 0 Å². The highest BCUT2D eigenvalue weighted by molar-refractivity contribution is 5.78. The van der Waals surface area contributed by atoms with Crippen molar-refractivity contribution in [3.8, 4) is 0 Å². The van der Waals surface area contributed by atoms with Crippen molar-refractivity contribution >= 4 is 5.91 Å². The Bertz CT molecular complexity index is 263. The van der Waals surface area contributed by atoms with Crippen LogP contribution in [-0.4, -0.2) is 63.3 Å². The molecule has 5 heteroatoms. The zero-order valence-electron chi connectivity index (χ0n) is 12.7. The maximum atomic E-state index is 11.9. The van der Waals surface area contributed by atoms with Crippen molar-refractivity contribution in [1.82, 2.24) is 15.5 Å². The number of hydrogen-bond donors (Lipinski definition) is 2. The molecule has 0 aliphatic carbocycles. The van der Waals surface area contributed by atoms with Crippen LogP contribution in [-0.2, 0) is 9.53 Å². The molecular formula is C14H29N3O2. The summed E-state index contributed by atoms with van der Waals surface area (Å²) >= 11 is 0. The average Bonchev–Trinajstić information content (AvgIpc) is 2.35. The standard InChI is InChI=1S/C14H29N3O2/c1-11(2)13(10-17(3)4)15-9-14(18)16-12-5-7-19-8-6-12/h11-13,15H,5-10H2,1-4H3,(H,16,18). The Labute approximate surface area is 117 Å². The zero-order chi connectivity index (χ0) is 14.3. The van der Waals surface area contributed by atoms with Gasteiger partial charge in [0, 0.05) is 31.8 Å². The molecule has 0 spiro atoms. The minimum absolute atomic E-state index is 0.0938. The number of carbonyl (C=O) groups excluding carboxylic acids is 1. The van der Waals surface area contributed by atoms with E-state index in [1.165, 1.54) is 0 Å². The Morgan fingerprint density at radius 3 is 2.47 bits per heavy atom. The average molecular weight is 271 g/mol. The summed E-state index contributed by atoms with van der Waals surface area (Å²) in [5, 5.41) is 6.43. The van der Waals surface area contributed by atoms with E-state index in [-0.39, 0.29) is 11.9 Å². The molecule has 5 nitrogen and oxygen atoms in total. The minimum Gasteiger partial charge on any atom is -0.381 e. The van der Waals surface area contributed by atoms with Crippen LogP contribution in [0.3, 0.4) is 0 Å². The molecular weight excluding hydrogens is 242 g/mol. The maximum absolute atomic E-state index is 11.9. The largest absolute Gasteiger partial charge is 0.381 e. The van der Waals surface area contributed by atoms with Gasteiger partial charge in [-0.1, -0.05) is 13.8 Å². The molecule has 1 amide bonds. The third kappa shape index (κ3) is 6.89. The highest BCUT2D eigenvalue weighted by Gasteiger charge is 2.18. The summed E-state index contributed by atoms with van der Waals surface area (Å²) in [5.74, 6) is 0.606. The Hall–Kier alpha value is -0.650. The van der Waals surface area contributed by atoms with E-state index in [9.17, 15) is 4.79 Å². The number of amides is 1. The fraction of sp³-hybridized carbons (Fsp3) is 0.929. The second-order valence-corrected chi connectivity index (χ2v) is 5.95. The van der Waals surface area contributed by atoms with E-state index >= 15 is 0 Å². The summed E-state index contributed by atoms with van der Waals surface area (Å²) in [7, 11) is 4.11. The van der Waals surface area contributed by atoms with E-state index in [1.54, 1.807) is 0 Å². The molecule has 1 saturated heterocycles. The summed E-state index contributed by atoms with van der Waals surface area (Å²) in [4.78, 5) is 14.0. The number of nitrogens with one attached hydrogen (secondary N) is 2. The van der Waals surface area contributed by atoms with Crippen LogP contribution in [0.25, 0.3) is 0 Å². The lowest BCUT2D eigenvalue weighted by molar-refractivity contribution is -0.121. The summed E-state index contributed by atoms with van der Waals surface area (Å²) in [6.45, 7) is 7.21. The second-order valence-electron chi connectivity index (χ2n) is 5.95. The van der Waals surface area contributed by atoms with Gasteiger partial charge in [-0.25, -0.2) is 0 Å². The number of rotatable bonds is 7. The van der Waals surface area contributed by atoms with Crippen LogP contribution in [0.15, 0.2) is 0 Å². The van der Waals surface area contributed by atoms with E-state index < -0.39 is 0 Å². The maximum Gasteiger partial charge on any atom is 0.234 e. The van der Waals surface area contributed by atoms with Crippen LogP contribution < -0.4 is 10.6 Å². The molecule has 2 N–H and O–H groups in total. The number of hydrogen-bond acceptors (Lipinski definition) is 4. The molecule has 0 aromatic carbocycles. The summed E-state index contributed by atoms with van der Waals surface area (Å²) in [6, 6.07) is 0.629. The number of nitrogens with zero attached hydrogens (tertiary/aromatic N) is 1. The van der Waals surface area contributed by atoms with Crippen LogP contribution in [0, 0.1) is 5.92 Å². The van der Waals surface area contributed by atoms with Gasteiger partial charge in [-0.15, -0.1) is 0 Å². The fourth-order valence-electron chi connectivity index (χ4n) is 2.25. The van der Waals surface area contributed by atoms with Crippen LogP contribution in [0.4, 0.5) is 0 Å². The molecule has 0 aromatic rings. The van der Waals surface area contributed by atoms with Crippen molar-refractivity contribution in [1.29, 1.82) is 0 Å². The quantitative estimate of drug-likeness (QED) is 0.706. The van der Waals surface area contributed by atoms with Gasteiger partial charge in [0.05, 0.1) is 6.54 Å². The van der Waals surface area contributed by atoms with Crippen LogP contribution >= 0.6 is 0 Å². The lowest BCUT2D eigenvalue weighted by Gasteiger charge is -2.27. The van der Waals surface area contributed by atoms with Gasteiger partial charge >= 0.3 is 0 Å². The van der Waals surface area contributed by atoms with Crippen molar-refractivity contribution in [2.75, 3.05) is 40.4 Å². The number of carbonyl (C=O) groups is 1. The minimum atomic E-state index is 0.0938. The third-order valence-corrected chi connectivity index (χ3v) is 3.48. The first-order valence-electron chi connectivity index (χ1n) is 7.24. The van der Waals surface area contributed by atoms with E-state index in [0.29, 0.717) is 18.5 Å². The predicted molar refractivity (Wildman–Crippen MR) is 77.2 cm³/mol. The summed E-state index contributed by atoms with van der Waals surface area (Å²) < 4.78 is 5.28. The van der Waals surface area contributed by atoms with Crippen molar-refractivity contribution in [2.45, 2.75) is 38.8 Å². The Morgan fingerprint density at radius 1 is 1.32 bits per heavy atom. The second kappa shape index (κ2) is 8.51. The molecule has 112 valence electrons. The molecule has 1 heterocycles. The van der Waals surface area contributed by atoms with Crippen LogP contribution in [0.2, 0.25) is 0 Å². The first-order valence-corrected chi connectivity index (χ1v) is 7.24. The first kappa shape index (κ1) is 16.4. The molecule has 19 heavy (non-hydrogen) atoms. The predicted octanol–water partition coefficient (Wildman–Crippen LogP) is 0.457. The monoisotopic (exact) mass is 271 g/mol. The van der Waals surface area contributed by atoms with Gasteiger partial charge in [0.1, 0.15) is 0 Å². The van der Waals surface area contributed by atoms with Gasteiger partial charge in [0.2, 0.25) is 5.91 Å². The molecule has 0 bridgehead atoms. The van der Waals surface area contributed by atoms with Gasteiger partial charge in [0.15, 0.2) is 0 Å². The number of ether oxygens (including phenoxy) is 1. The SMILES string of the molecule is CC(C)C(CN(C)C)NCC(=O)NC1CCOCC1. The summed E-state index contributed by atoms with van der Waals surface area (Å²) in [6.07, 6.45) is 1.86. The Balaban J connectivity index is 2.26. The molecule has 0 saturated carbocycles. The lowest BCUT2D eigenvalue weighted by atomic mass is 10.0. The molecule has 1 rings (SSSR count). The lowest BCUT2D eigenvalue weighted by Crippen LogP contribution is -2.48. The third-order valence-electron chi connectivity index (χ3n) is 3.48.